The number of aromatic nitrogens is 1. The first-order valence-corrected chi connectivity index (χ1v) is 5.43. The molecular weight excluding hydrogens is 189 g/mol. The molecule has 0 saturated carbocycles. The van der Waals surface area contributed by atoms with Crippen LogP contribution in [-0.4, -0.2) is 4.98 Å². The molecule has 1 aromatic carbocycles. The summed E-state index contributed by atoms with van der Waals surface area (Å²) in [5.41, 5.74) is 3.16. The van der Waals surface area contributed by atoms with E-state index >= 15 is 0 Å². The molecule has 0 fully saturated rings. The number of hydrogen-bond donors (Lipinski definition) is 1. The lowest BCUT2D eigenvalue weighted by Gasteiger charge is -1.98. The van der Waals surface area contributed by atoms with Crippen LogP contribution in [0.1, 0.15) is 37.9 Å². The summed E-state index contributed by atoms with van der Waals surface area (Å²) in [6, 6.07) is 5.33. The van der Waals surface area contributed by atoms with Crippen molar-refractivity contribution in [2.45, 2.75) is 33.1 Å². The van der Waals surface area contributed by atoms with E-state index in [0.717, 1.165) is 22.9 Å². The van der Waals surface area contributed by atoms with Crippen LogP contribution in [-0.2, 0) is 6.42 Å². The lowest BCUT2D eigenvalue weighted by atomic mass is 10.1. The van der Waals surface area contributed by atoms with Gasteiger partial charge in [0.2, 0.25) is 0 Å². The monoisotopic (exact) mass is 205 g/mol. The third kappa shape index (κ3) is 1.76. The molecule has 80 valence electrons. The van der Waals surface area contributed by atoms with Crippen molar-refractivity contribution < 1.29 is 4.39 Å². The van der Waals surface area contributed by atoms with Crippen LogP contribution in [0.25, 0.3) is 10.9 Å². The summed E-state index contributed by atoms with van der Waals surface area (Å²) in [4.78, 5) is 3.27. The molecule has 1 heterocycles. The maximum absolute atomic E-state index is 13.3. The van der Waals surface area contributed by atoms with Crippen LogP contribution < -0.4 is 0 Å². The van der Waals surface area contributed by atoms with E-state index in [-0.39, 0.29) is 5.82 Å². The second kappa shape index (κ2) is 3.69. The zero-order valence-electron chi connectivity index (χ0n) is 9.39. The van der Waals surface area contributed by atoms with Crippen molar-refractivity contribution >= 4 is 10.9 Å². The SMILES string of the molecule is CCc1cc(F)cc2[nH]c(C(C)C)cc12. The van der Waals surface area contributed by atoms with E-state index in [9.17, 15) is 4.39 Å². The van der Waals surface area contributed by atoms with Gasteiger partial charge in [-0.2, -0.15) is 0 Å². The molecule has 2 rings (SSSR count). The van der Waals surface area contributed by atoms with Gasteiger partial charge in [-0.1, -0.05) is 20.8 Å². The highest BCUT2D eigenvalue weighted by atomic mass is 19.1. The fourth-order valence-electron chi connectivity index (χ4n) is 1.90. The van der Waals surface area contributed by atoms with Gasteiger partial charge in [-0.3, -0.25) is 0 Å². The Morgan fingerprint density at radius 3 is 2.60 bits per heavy atom. The molecule has 2 heteroatoms. The second-order valence-electron chi connectivity index (χ2n) is 4.26. The number of fused-ring (bicyclic) bond motifs is 1. The number of H-pyrrole nitrogens is 1. The maximum Gasteiger partial charge on any atom is 0.125 e. The number of rotatable bonds is 2. The Morgan fingerprint density at radius 1 is 1.27 bits per heavy atom. The number of benzene rings is 1. The van der Waals surface area contributed by atoms with E-state index in [1.807, 2.05) is 0 Å². The lowest BCUT2D eigenvalue weighted by Crippen LogP contribution is -1.85. The summed E-state index contributed by atoms with van der Waals surface area (Å²) in [5, 5.41) is 1.16. The standard InChI is InChI=1S/C13H16FN/c1-4-9-5-10(14)6-13-11(9)7-12(15-13)8(2)3/h5-8,15H,4H2,1-3H3. The third-order valence-corrected chi connectivity index (χ3v) is 2.81. The fourth-order valence-corrected chi connectivity index (χ4v) is 1.90. The van der Waals surface area contributed by atoms with Crippen LogP contribution in [0.2, 0.25) is 0 Å². The summed E-state index contributed by atoms with van der Waals surface area (Å²) in [6.45, 7) is 6.32. The van der Waals surface area contributed by atoms with Crippen LogP contribution >= 0.6 is 0 Å². The first kappa shape index (κ1) is 10.2. The molecule has 0 spiro atoms. The molecule has 0 radical (unpaired) electrons. The van der Waals surface area contributed by atoms with Gasteiger partial charge in [0.25, 0.3) is 0 Å². The molecular formula is C13H16FN. The van der Waals surface area contributed by atoms with Gasteiger partial charge in [-0.15, -0.1) is 0 Å². The Hall–Kier alpha value is -1.31. The highest BCUT2D eigenvalue weighted by molar-refractivity contribution is 5.84. The number of aryl methyl sites for hydroxylation is 1. The Kier molecular flexibility index (Phi) is 2.51. The zero-order valence-corrected chi connectivity index (χ0v) is 9.39. The molecule has 0 amide bonds. The summed E-state index contributed by atoms with van der Waals surface area (Å²) in [5.74, 6) is 0.293. The molecule has 0 aliphatic carbocycles. The van der Waals surface area contributed by atoms with Gasteiger partial charge in [-0.25, -0.2) is 4.39 Å². The van der Waals surface area contributed by atoms with Crippen LogP contribution in [0.3, 0.4) is 0 Å². The first-order chi connectivity index (χ1) is 7.11. The topological polar surface area (TPSA) is 15.8 Å². The molecule has 1 N–H and O–H groups in total. The minimum atomic E-state index is -0.156. The molecule has 1 nitrogen and oxygen atoms in total. The molecule has 0 aliphatic rings. The molecule has 0 bridgehead atoms. The van der Waals surface area contributed by atoms with Gasteiger partial charge < -0.3 is 4.98 Å². The highest BCUT2D eigenvalue weighted by Crippen LogP contribution is 2.25. The van der Waals surface area contributed by atoms with Crippen molar-refractivity contribution in [1.29, 1.82) is 0 Å². The average molecular weight is 205 g/mol. The maximum atomic E-state index is 13.3. The van der Waals surface area contributed by atoms with E-state index in [4.69, 9.17) is 0 Å². The van der Waals surface area contributed by atoms with Crippen LogP contribution in [0.15, 0.2) is 18.2 Å². The van der Waals surface area contributed by atoms with E-state index in [0.29, 0.717) is 5.92 Å². The van der Waals surface area contributed by atoms with Crippen LogP contribution in [0.4, 0.5) is 4.39 Å². The van der Waals surface area contributed by atoms with E-state index in [1.54, 1.807) is 12.1 Å². The van der Waals surface area contributed by atoms with Gasteiger partial charge in [0.1, 0.15) is 5.82 Å². The third-order valence-electron chi connectivity index (χ3n) is 2.81. The first-order valence-electron chi connectivity index (χ1n) is 5.43. The molecule has 0 aliphatic heterocycles. The molecule has 15 heavy (non-hydrogen) atoms. The van der Waals surface area contributed by atoms with E-state index < -0.39 is 0 Å². The molecule has 0 saturated heterocycles. The predicted molar refractivity (Wildman–Crippen MR) is 61.7 cm³/mol. The molecule has 0 atom stereocenters. The number of hydrogen-bond acceptors (Lipinski definition) is 0. The molecule has 1 aromatic heterocycles. The summed E-state index contributed by atoms with van der Waals surface area (Å²) in [6.07, 6.45) is 0.865. The summed E-state index contributed by atoms with van der Waals surface area (Å²) >= 11 is 0. The van der Waals surface area contributed by atoms with Crippen molar-refractivity contribution in [2.75, 3.05) is 0 Å². The summed E-state index contributed by atoms with van der Waals surface area (Å²) < 4.78 is 13.3. The summed E-state index contributed by atoms with van der Waals surface area (Å²) in [7, 11) is 0. The second-order valence-corrected chi connectivity index (χ2v) is 4.26. The van der Waals surface area contributed by atoms with Gasteiger partial charge >= 0.3 is 0 Å². The Labute approximate surface area is 89.3 Å². The molecule has 0 unspecified atom stereocenters. The van der Waals surface area contributed by atoms with Gasteiger partial charge in [0.15, 0.2) is 0 Å². The van der Waals surface area contributed by atoms with Gasteiger partial charge in [-0.05, 0) is 36.1 Å². The van der Waals surface area contributed by atoms with Gasteiger partial charge in [0.05, 0.1) is 0 Å². The smallest absolute Gasteiger partial charge is 0.125 e. The van der Waals surface area contributed by atoms with E-state index in [2.05, 4.69) is 31.8 Å². The number of nitrogens with one attached hydrogen (secondary N) is 1. The largest absolute Gasteiger partial charge is 0.358 e. The van der Waals surface area contributed by atoms with Crippen LogP contribution in [0.5, 0.6) is 0 Å². The quantitative estimate of drug-likeness (QED) is 0.763. The average Bonchev–Trinajstić information content (AvgIpc) is 2.59. The predicted octanol–water partition coefficient (Wildman–Crippen LogP) is 3.99. The fraction of sp³-hybridized carbons (Fsp3) is 0.385. The van der Waals surface area contributed by atoms with Crippen LogP contribution in [0, 0.1) is 5.82 Å². The molecule has 2 aromatic rings. The number of aromatic amines is 1. The van der Waals surface area contributed by atoms with Gasteiger partial charge in [0, 0.05) is 16.6 Å². The minimum Gasteiger partial charge on any atom is -0.358 e. The van der Waals surface area contributed by atoms with Crippen molar-refractivity contribution in [3.05, 3.63) is 35.3 Å². The normalized spacial score (nSPS) is 11.5. The lowest BCUT2D eigenvalue weighted by molar-refractivity contribution is 0.627. The van der Waals surface area contributed by atoms with Crippen molar-refractivity contribution in [3.63, 3.8) is 0 Å². The van der Waals surface area contributed by atoms with E-state index in [1.165, 1.54) is 5.69 Å². The van der Waals surface area contributed by atoms with Crippen molar-refractivity contribution in [1.82, 2.24) is 4.98 Å². The number of halogens is 1. The van der Waals surface area contributed by atoms with Crippen molar-refractivity contribution in [3.8, 4) is 0 Å². The minimum absolute atomic E-state index is 0.156. The highest BCUT2D eigenvalue weighted by Gasteiger charge is 2.08. The Bertz CT molecular complexity index is 482. The zero-order chi connectivity index (χ0) is 11.0. The Morgan fingerprint density at radius 2 is 2.00 bits per heavy atom. The Balaban J connectivity index is 2.68. The van der Waals surface area contributed by atoms with Crippen molar-refractivity contribution in [2.24, 2.45) is 0 Å².